The first-order valence-corrected chi connectivity index (χ1v) is 12.2. The highest BCUT2D eigenvalue weighted by atomic mass is 16.7. The quantitative estimate of drug-likeness (QED) is 0.375. The maximum absolute atomic E-state index is 13.6. The van der Waals surface area contributed by atoms with Crippen molar-refractivity contribution in [3.05, 3.63) is 46.3 Å². The van der Waals surface area contributed by atoms with Gasteiger partial charge < -0.3 is 24.3 Å². The fraction of sp³-hybridized carbons (Fsp3) is 0.538. The van der Waals surface area contributed by atoms with Crippen molar-refractivity contribution >= 4 is 23.0 Å². The Morgan fingerprint density at radius 3 is 2.22 bits per heavy atom. The number of allylic oxidation sites excluding steroid dienone is 1. The van der Waals surface area contributed by atoms with E-state index in [2.05, 4.69) is 15.6 Å². The van der Waals surface area contributed by atoms with E-state index in [0.717, 1.165) is 0 Å². The first-order chi connectivity index (χ1) is 17.0. The molecule has 0 fully saturated rings. The van der Waals surface area contributed by atoms with Crippen LogP contribution in [-0.4, -0.2) is 53.5 Å². The van der Waals surface area contributed by atoms with E-state index >= 15 is 0 Å². The van der Waals surface area contributed by atoms with Crippen molar-refractivity contribution in [2.75, 3.05) is 6.61 Å². The molecular formula is C26H35N3O7. The number of ether oxygens (including phenoxy) is 4. The molecular weight excluding hydrogens is 466 g/mol. The summed E-state index contributed by atoms with van der Waals surface area (Å²) in [5.74, 6) is -2.10. The topological polar surface area (TPSA) is 122 Å². The van der Waals surface area contributed by atoms with Gasteiger partial charge in [0.25, 0.3) is 0 Å². The average molecular weight is 502 g/mol. The zero-order valence-electron chi connectivity index (χ0n) is 22.1. The highest BCUT2D eigenvalue weighted by Gasteiger charge is 2.43. The van der Waals surface area contributed by atoms with Gasteiger partial charge in [-0.15, -0.1) is 0 Å². The smallest absolute Gasteiger partial charge is 0.337 e. The summed E-state index contributed by atoms with van der Waals surface area (Å²) in [6.45, 7) is 14.6. The molecule has 1 aliphatic heterocycles. The van der Waals surface area contributed by atoms with Crippen LogP contribution in [0.2, 0.25) is 0 Å². The number of aromatic nitrogens is 2. The number of nitrogens with zero attached hydrogens (tertiary/aromatic N) is 2. The molecule has 1 aromatic heterocycles. The van der Waals surface area contributed by atoms with Gasteiger partial charge in [-0.3, -0.25) is 0 Å². The van der Waals surface area contributed by atoms with Crippen molar-refractivity contribution in [3.8, 4) is 0 Å². The summed E-state index contributed by atoms with van der Waals surface area (Å²) in [7, 11) is 0. The molecule has 10 nitrogen and oxygen atoms in total. The number of hydrogen-bond acceptors (Lipinski definition) is 10. The number of esters is 2. The van der Waals surface area contributed by atoms with Gasteiger partial charge in [-0.1, -0.05) is 12.1 Å². The van der Waals surface area contributed by atoms with E-state index in [1.807, 2.05) is 27.7 Å². The molecule has 1 unspecified atom stereocenters. The SMILES string of the molecule is CCOC(=O)C1=C(C(OC(C)C)OC(C)C)NC(C)=C(C(=O)OC(C)C)C1c1cccc2nonc12. The van der Waals surface area contributed by atoms with Gasteiger partial charge in [0.2, 0.25) is 0 Å². The summed E-state index contributed by atoms with van der Waals surface area (Å²) in [6, 6.07) is 5.27. The van der Waals surface area contributed by atoms with Gasteiger partial charge in [-0.05, 0) is 77.3 Å². The molecule has 1 aliphatic rings. The maximum atomic E-state index is 13.6. The molecule has 2 aromatic rings. The van der Waals surface area contributed by atoms with E-state index < -0.39 is 24.1 Å². The highest BCUT2D eigenvalue weighted by molar-refractivity contribution is 6.01. The lowest BCUT2D eigenvalue weighted by Crippen LogP contribution is -2.41. The summed E-state index contributed by atoms with van der Waals surface area (Å²) >= 11 is 0. The third kappa shape index (κ3) is 5.93. The molecule has 1 aromatic carbocycles. The highest BCUT2D eigenvalue weighted by Crippen LogP contribution is 2.42. The summed E-state index contributed by atoms with van der Waals surface area (Å²) in [5.41, 5.74) is 2.70. The second-order valence-corrected chi connectivity index (χ2v) is 9.28. The van der Waals surface area contributed by atoms with Gasteiger partial charge in [-0.25, -0.2) is 14.2 Å². The predicted octanol–water partition coefficient (Wildman–Crippen LogP) is 4.13. The van der Waals surface area contributed by atoms with Crippen LogP contribution in [0, 0.1) is 0 Å². The van der Waals surface area contributed by atoms with Crippen molar-refractivity contribution in [2.24, 2.45) is 0 Å². The monoisotopic (exact) mass is 501 g/mol. The van der Waals surface area contributed by atoms with Crippen LogP contribution in [0.5, 0.6) is 0 Å². The Hall–Kier alpha value is -3.24. The standard InChI is InChI=1S/C26H35N3O7/c1-9-32-24(30)21-20(17-11-10-12-18-22(17)29-36-28-18)19(25(31)33-13(2)3)16(8)27-23(21)26(34-14(4)5)35-15(6)7/h10-15,20,26-27H,9H2,1-8H3. The van der Waals surface area contributed by atoms with Gasteiger partial charge in [0, 0.05) is 5.70 Å². The molecule has 0 saturated carbocycles. The van der Waals surface area contributed by atoms with Crippen LogP contribution in [-0.2, 0) is 28.5 Å². The van der Waals surface area contributed by atoms with E-state index in [1.54, 1.807) is 45.9 Å². The number of nitrogens with one attached hydrogen (secondary N) is 1. The Labute approximate surface area is 210 Å². The summed E-state index contributed by atoms with van der Waals surface area (Å²) in [4.78, 5) is 27.0. The van der Waals surface area contributed by atoms with Crippen LogP contribution >= 0.6 is 0 Å². The van der Waals surface area contributed by atoms with Crippen LogP contribution in [0.4, 0.5) is 0 Å². The normalized spacial score (nSPS) is 16.5. The zero-order chi connectivity index (χ0) is 26.6. The summed E-state index contributed by atoms with van der Waals surface area (Å²) in [5, 5.41) is 11.2. The van der Waals surface area contributed by atoms with Crippen LogP contribution in [0.25, 0.3) is 11.0 Å². The minimum absolute atomic E-state index is 0.132. The molecule has 1 N–H and O–H groups in total. The Kier molecular flexibility index (Phi) is 8.86. The number of dihydropyridines is 1. The average Bonchev–Trinajstić information content (AvgIpc) is 3.25. The molecule has 0 aliphatic carbocycles. The molecule has 0 spiro atoms. The molecule has 3 rings (SSSR count). The van der Waals surface area contributed by atoms with E-state index in [-0.39, 0.29) is 36.1 Å². The molecule has 36 heavy (non-hydrogen) atoms. The number of carbonyl (C=O) groups is 2. The molecule has 10 heteroatoms. The number of fused-ring (bicyclic) bond motifs is 1. The lowest BCUT2D eigenvalue weighted by Gasteiger charge is -2.35. The van der Waals surface area contributed by atoms with Crippen molar-refractivity contribution in [2.45, 2.75) is 85.9 Å². The van der Waals surface area contributed by atoms with E-state index in [9.17, 15) is 9.59 Å². The second-order valence-electron chi connectivity index (χ2n) is 9.28. The Morgan fingerprint density at radius 2 is 1.64 bits per heavy atom. The van der Waals surface area contributed by atoms with Crippen molar-refractivity contribution in [3.63, 3.8) is 0 Å². The summed E-state index contributed by atoms with van der Waals surface area (Å²) in [6.07, 6.45) is -1.74. The minimum Gasteiger partial charge on any atom is -0.463 e. The maximum Gasteiger partial charge on any atom is 0.337 e. The van der Waals surface area contributed by atoms with Gasteiger partial charge in [0.1, 0.15) is 11.0 Å². The van der Waals surface area contributed by atoms with Gasteiger partial charge in [0.05, 0.1) is 47.7 Å². The molecule has 2 heterocycles. The zero-order valence-corrected chi connectivity index (χ0v) is 22.1. The van der Waals surface area contributed by atoms with Gasteiger partial charge >= 0.3 is 11.9 Å². The molecule has 0 radical (unpaired) electrons. The molecule has 0 bridgehead atoms. The third-order valence-corrected chi connectivity index (χ3v) is 5.31. The van der Waals surface area contributed by atoms with Crippen molar-refractivity contribution < 1.29 is 33.2 Å². The minimum atomic E-state index is -0.931. The van der Waals surface area contributed by atoms with E-state index in [4.69, 9.17) is 23.6 Å². The largest absolute Gasteiger partial charge is 0.463 e. The second kappa shape index (κ2) is 11.7. The Balaban J connectivity index is 2.34. The van der Waals surface area contributed by atoms with Crippen LogP contribution in [0.15, 0.2) is 45.4 Å². The van der Waals surface area contributed by atoms with E-state index in [1.165, 1.54) is 0 Å². The van der Waals surface area contributed by atoms with Crippen LogP contribution in [0.3, 0.4) is 0 Å². The predicted molar refractivity (Wildman–Crippen MR) is 131 cm³/mol. The van der Waals surface area contributed by atoms with Crippen molar-refractivity contribution in [1.29, 1.82) is 0 Å². The fourth-order valence-corrected chi connectivity index (χ4v) is 4.06. The molecule has 0 amide bonds. The van der Waals surface area contributed by atoms with Gasteiger partial charge in [0.15, 0.2) is 6.29 Å². The van der Waals surface area contributed by atoms with Crippen molar-refractivity contribution in [1.82, 2.24) is 15.6 Å². The lowest BCUT2D eigenvalue weighted by molar-refractivity contribution is -0.163. The van der Waals surface area contributed by atoms with Crippen LogP contribution in [0.1, 0.15) is 66.9 Å². The molecule has 196 valence electrons. The van der Waals surface area contributed by atoms with Crippen LogP contribution < -0.4 is 5.32 Å². The fourth-order valence-electron chi connectivity index (χ4n) is 4.06. The molecule has 1 atom stereocenters. The first kappa shape index (κ1) is 27.3. The number of carbonyl (C=O) groups excluding carboxylic acids is 2. The third-order valence-electron chi connectivity index (χ3n) is 5.31. The Morgan fingerprint density at radius 1 is 0.972 bits per heavy atom. The molecule has 0 saturated heterocycles. The summed E-state index contributed by atoms with van der Waals surface area (Å²) < 4.78 is 28.2. The number of rotatable bonds is 10. The Bertz CT molecular complexity index is 1150. The number of benzene rings is 1. The van der Waals surface area contributed by atoms with Gasteiger partial charge in [-0.2, -0.15) is 0 Å². The number of hydrogen-bond donors (Lipinski definition) is 1. The van der Waals surface area contributed by atoms with E-state index in [0.29, 0.717) is 28.0 Å². The first-order valence-electron chi connectivity index (χ1n) is 12.2. The lowest BCUT2D eigenvalue weighted by atomic mass is 9.79.